The summed E-state index contributed by atoms with van der Waals surface area (Å²) in [7, 11) is 2.14. The molecule has 0 atom stereocenters. The highest BCUT2D eigenvalue weighted by Crippen LogP contribution is 2.24. The van der Waals surface area contributed by atoms with Crippen LogP contribution >= 0.6 is 11.6 Å². The van der Waals surface area contributed by atoms with E-state index in [2.05, 4.69) is 22.0 Å². The van der Waals surface area contributed by atoms with Gasteiger partial charge < -0.3 is 20.7 Å². The lowest BCUT2D eigenvalue weighted by Crippen LogP contribution is -2.28. The molecule has 0 aromatic heterocycles. The van der Waals surface area contributed by atoms with Crippen LogP contribution in [0.2, 0.25) is 5.02 Å². The maximum absolute atomic E-state index is 8.69. The summed E-state index contributed by atoms with van der Waals surface area (Å²) in [5.74, 6) is 0.0344. The van der Waals surface area contributed by atoms with Gasteiger partial charge in [-0.25, -0.2) is 0 Å². The van der Waals surface area contributed by atoms with Crippen molar-refractivity contribution in [3.63, 3.8) is 0 Å². The Hall–Kier alpha value is -1.46. The number of anilines is 1. The average molecular weight is 283 g/mol. The SMILES string of the molecule is CN1CCCN(c2ccc(C(N)=NO)c(Cl)c2)CC1. The third-order valence-electron chi connectivity index (χ3n) is 3.42. The Kier molecular flexibility index (Phi) is 4.50. The normalized spacial score (nSPS) is 18.4. The highest BCUT2D eigenvalue weighted by molar-refractivity contribution is 6.34. The van der Waals surface area contributed by atoms with E-state index < -0.39 is 0 Å². The molecule has 1 aliphatic rings. The van der Waals surface area contributed by atoms with Gasteiger partial charge in [0.2, 0.25) is 0 Å². The molecule has 1 heterocycles. The fourth-order valence-corrected chi connectivity index (χ4v) is 2.54. The Morgan fingerprint density at radius 2 is 2.11 bits per heavy atom. The predicted octanol–water partition coefficient (Wildman–Crippen LogP) is 1.58. The van der Waals surface area contributed by atoms with E-state index in [1.165, 1.54) is 0 Å². The minimum Gasteiger partial charge on any atom is -0.409 e. The van der Waals surface area contributed by atoms with Crippen molar-refractivity contribution < 1.29 is 5.21 Å². The quantitative estimate of drug-likeness (QED) is 0.374. The molecule has 6 heteroatoms. The van der Waals surface area contributed by atoms with Crippen LogP contribution in [0.5, 0.6) is 0 Å². The second-order valence-electron chi connectivity index (χ2n) is 4.79. The lowest BCUT2D eigenvalue weighted by molar-refractivity contribution is 0.318. The number of nitrogens with zero attached hydrogens (tertiary/aromatic N) is 3. The maximum atomic E-state index is 8.69. The topological polar surface area (TPSA) is 65.1 Å². The molecule has 0 aliphatic carbocycles. The van der Waals surface area contributed by atoms with Gasteiger partial charge in [-0.2, -0.15) is 0 Å². The van der Waals surface area contributed by atoms with Gasteiger partial charge in [0.15, 0.2) is 5.84 Å². The molecular weight excluding hydrogens is 264 g/mol. The van der Waals surface area contributed by atoms with Crippen molar-refractivity contribution >= 4 is 23.1 Å². The molecule has 104 valence electrons. The Bertz CT molecular complexity index is 478. The van der Waals surface area contributed by atoms with Crippen LogP contribution in [0.3, 0.4) is 0 Å². The predicted molar refractivity (Wildman–Crippen MR) is 78.3 cm³/mol. The number of halogens is 1. The highest BCUT2D eigenvalue weighted by atomic mass is 35.5. The van der Waals surface area contributed by atoms with Gasteiger partial charge in [-0.05, 0) is 38.2 Å². The fraction of sp³-hybridized carbons (Fsp3) is 0.462. The van der Waals surface area contributed by atoms with Crippen molar-refractivity contribution in [3.05, 3.63) is 28.8 Å². The van der Waals surface area contributed by atoms with Crippen LogP contribution in [0.1, 0.15) is 12.0 Å². The molecule has 5 nitrogen and oxygen atoms in total. The van der Waals surface area contributed by atoms with Crippen molar-refractivity contribution in [1.82, 2.24) is 4.90 Å². The van der Waals surface area contributed by atoms with Gasteiger partial charge in [0.1, 0.15) is 0 Å². The van der Waals surface area contributed by atoms with E-state index in [1.807, 2.05) is 12.1 Å². The molecule has 0 radical (unpaired) electrons. The fourth-order valence-electron chi connectivity index (χ4n) is 2.27. The molecule has 0 spiro atoms. The lowest BCUT2D eigenvalue weighted by atomic mass is 10.1. The van der Waals surface area contributed by atoms with Crippen LogP contribution in [-0.2, 0) is 0 Å². The summed E-state index contributed by atoms with van der Waals surface area (Å²) in [6, 6.07) is 5.63. The molecule has 19 heavy (non-hydrogen) atoms. The first-order valence-electron chi connectivity index (χ1n) is 6.33. The number of rotatable bonds is 2. The highest BCUT2D eigenvalue weighted by Gasteiger charge is 2.14. The number of hydrogen-bond acceptors (Lipinski definition) is 4. The molecule has 0 amide bonds. The van der Waals surface area contributed by atoms with E-state index >= 15 is 0 Å². The molecule has 0 saturated carbocycles. The summed E-state index contributed by atoms with van der Waals surface area (Å²) in [6.45, 7) is 4.16. The van der Waals surface area contributed by atoms with Crippen molar-refractivity contribution in [2.24, 2.45) is 10.9 Å². The lowest BCUT2D eigenvalue weighted by Gasteiger charge is -2.23. The van der Waals surface area contributed by atoms with E-state index in [0.717, 1.165) is 38.3 Å². The van der Waals surface area contributed by atoms with Gasteiger partial charge in [0, 0.05) is 30.9 Å². The maximum Gasteiger partial charge on any atom is 0.171 e. The number of likely N-dealkylation sites (N-methyl/N-ethyl adjacent to an activating group) is 1. The van der Waals surface area contributed by atoms with Gasteiger partial charge in [0.05, 0.1) is 5.02 Å². The molecule has 1 aromatic carbocycles. The van der Waals surface area contributed by atoms with Gasteiger partial charge >= 0.3 is 0 Å². The van der Waals surface area contributed by atoms with E-state index in [-0.39, 0.29) is 5.84 Å². The monoisotopic (exact) mass is 282 g/mol. The summed E-state index contributed by atoms with van der Waals surface area (Å²) in [5, 5.41) is 12.2. The van der Waals surface area contributed by atoms with Crippen molar-refractivity contribution in [3.8, 4) is 0 Å². The van der Waals surface area contributed by atoms with E-state index in [1.54, 1.807) is 6.07 Å². The van der Waals surface area contributed by atoms with Crippen molar-refractivity contribution in [2.45, 2.75) is 6.42 Å². The molecule has 0 bridgehead atoms. The summed E-state index contributed by atoms with van der Waals surface area (Å²) < 4.78 is 0. The Morgan fingerprint density at radius 3 is 2.79 bits per heavy atom. The standard InChI is InChI=1S/C13H19ClN4O/c1-17-5-2-6-18(8-7-17)10-3-4-11(12(14)9-10)13(15)16-19/h3-4,9,19H,2,5-8H2,1H3,(H2,15,16). The first-order chi connectivity index (χ1) is 9.11. The molecule has 2 rings (SSSR count). The van der Waals surface area contributed by atoms with Gasteiger partial charge in [-0.3, -0.25) is 0 Å². The largest absolute Gasteiger partial charge is 0.409 e. The number of amidine groups is 1. The second kappa shape index (κ2) is 6.12. The molecule has 3 N–H and O–H groups in total. The summed E-state index contributed by atoms with van der Waals surface area (Å²) >= 11 is 6.18. The summed E-state index contributed by atoms with van der Waals surface area (Å²) in [4.78, 5) is 4.64. The molecule has 1 aliphatic heterocycles. The van der Waals surface area contributed by atoms with Crippen LogP contribution in [0, 0.1) is 0 Å². The van der Waals surface area contributed by atoms with Crippen LogP contribution in [-0.4, -0.2) is 49.2 Å². The van der Waals surface area contributed by atoms with Gasteiger partial charge in [0.25, 0.3) is 0 Å². The Labute approximate surface area is 118 Å². The Balaban J connectivity index is 2.19. The molecule has 1 fully saturated rings. The summed E-state index contributed by atoms with van der Waals surface area (Å²) in [5.41, 5.74) is 7.20. The number of hydrogen-bond donors (Lipinski definition) is 2. The third-order valence-corrected chi connectivity index (χ3v) is 3.73. The van der Waals surface area contributed by atoms with E-state index in [4.69, 9.17) is 22.5 Å². The first-order valence-corrected chi connectivity index (χ1v) is 6.70. The second-order valence-corrected chi connectivity index (χ2v) is 5.20. The minimum absolute atomic E-state index is 0.0344. The number of oxime groups is 1. The first kappa shape index (κ1) is 14.0. The molecule has 0 unspecified atom stereocenters. The minimum atomic E-state index is 0.0344. The van der Waals surface area contributed by atoms with E-state index in [0.29, 0.717) is 10.6 Å². The average Bonchev–Trinajstić information content (AvgIpc) is 2.62. The van der Waals surface area contributed by atoms with E-state index in [9.17, 15) is 0 Å². The third kappa shape index (κ3) is 3.30. The van der Waals surface area contributed by atoms with Crippen LogP contribution < -0.4 is 10.6 Å². The molecule has 1 aromatic rings. The zero-order chi connectivity index (χ0) is 13.8. The summed E-state index contributed by atoms with van der Waals surface area (Å²) in [6.07, 6.45) is 1.14. The van der Waals surface area contributed by atoms with Gasteiger partial charge in [-0.15, -0.1) is 0 Å². The Morgan fingerprint density at radius 1 is 1.32 bits per heavy atom. The number of nitrogens with two attached hydrogens (primary N) is 1. The zero-order valence-electron chi connectivity index (χ0n) is 11.0. The van der Waals surface area contributed by atoms with Crippen LogP contribution in [0.4, 0.5) is 5.69 Å². The molecule has 1 saturated heterocycles. The van der Waals surface area contributed by atoms with Gasteiger partial charge in [-0.1, -0.05) is 16.8 Å². The molecular formula is C13H19ClN4O. The smallest absolute Gasteiger partial charge is 0.171 e. The van der Waals surface area contributed by atoms with Crippen LogP contribution in [0.15, 0.2) is 23.4 Å². The van der Waals surface area contributed by atoms with Crippen molar-refractivity contribution in [2.75, 3.05) is 38.1 Å². The zero-order valence-corrected chi connectivity index (χ0v) is 11.8. The van der Waals surface area contributed by atoms with Crippen molar-refractivity contribution in [1.29, 1.82) is 0 Å². The van der Waals surface area contributed by atoms with Crippen LogP contribution in [0.25, 0.3) is 0 Å². The number of benzene rings is 1.